The number of hydrogen-bond donors (Lipinski definition) is 0. The summed E-state index contributed by atoms with van der Waals surface area (Å²) in [5.74, 6) is 2.85. The van der Waals surface area contributed by atoms with E-state index in [4.69, 9.17) is 23.7 Å². The van der Waals surface area contributed by atoms with E-state index >= 15 is 0 Å². The molecular formula is C42H35FN2O5. The number of ether oxygens (including phenoxy) is 5. The first-order valence-electron chi connectivity index (χ1n) is 16.3. The van der Waals surface area contributed by atoms with Crippen LogP contribution in [-0.2, 0) is 11.0 Å². The molecule has 0 radical (unpaired) electrons. The summed E-state index contributed by atoms with van der Waals surface area (Å²) in [4.78, 5) is 9.07. The van der Waals surface area contributed by atoms with Gasteiger partial charge in [-0.2, -0.15) is 9.97 Å². The maximum Gasteiger partial charge on any atom is 0.220 e. The third-order valence-electron chi connectivity index (χ3n) is 9.99. The Labute approximate surface area is 289 Å². The van der Waals surface area contributed by atoms with E-state index in [1.54, 1.807) is 46.6 Å². The van der Waals surface area contributed by atoms with Gasteiger partial charge < -0.3 is 23.7 Å². The van der Waals surface area contributed by atoms with Crippen molar-refractivity contribution in [3.63, 3.8) is 0 Å². The van der Waals surface area contributed by atoms with Gasteiger partial charge in [0, 0.05) is 33.1 Å². The van der Waals surface area contributed by atoms with Crippen molar-refractivity contribution in [2.24, 2.45) is 0 Å². The molecule has 0 N–H and O–H groups in total. The number of nitrogens with zero attached hydrogens (tertiary/aromatic N) is 2. The summed E-state index contributed by atoms with van der Waals surface area (Å²) in [6, 6.07) is 28.6. The number of rotatable bonds is 7. The molecule has 6 aromatic rings. The fourth-order valence-electron chi connectivity index (χ4n) is 7.56. The number of methoxy groups -OCH3 is 4. The second-order valence-electron chi connectivity index (χ2n) is 12.9. The molecule has 1 aliphatic heterocycles. The molecule has 5 aromatic carbocycles. The second-order valence-corrected chi connectivity index (χ2v) is 12.9. The number of halogens is 1. The smallest absolute Gasteiger partial charge is 0.220 e. The highest BCUT2D eigenvalue weighted by Gasteiger charge is 2.44. The molecule has 1 aliphatic carbocycles. The van der Waals surface area contributed by atoms with Gasteiger partial charge in [0.1, 0.15) is 11.6 Å². The summed E-state index contributed by atoms with van der Waals surface area (Å²) in [5, 5.41) is 1.88. The summed E-state index contributed by atoms with van der Waals surface area (Å²) in [6.45, 7) is 4.52. The van der Waals surface area contributed by atoms with Gasteiger partial charge in [0.15, 0.2) is 22.9 Å². The summed E-state index contributed by atoms with van der Waals surface area (Å²) in [7, 11) is 6.39. The fourth-order valence-corrected chi connectivity index (χ4v) is 7.56. The molecule has 1 unspecified atom stereocenters. The van der Waals surface area contributed by atoms with Crippen molar-refractivity contribution in [2.75, 3.05) is 28.4 Å². The SMILES string of the molecule is COc1cc(OC)nc(-c2ccc(C3(c4ccc(F)cc4)C=Cc4c5c(c6cc(OC)c(OC)cc6c4O3)-c3ccccc3C5(C)C)cc2)n1. The monoisotopic (exact) mass is 666 g/mol. The van der Waals surface area contributed by atoms with Crippen molar-refractivity contribution in [3.05, 3.63) is 131 Å². The molecule has 8 heteroatoms. The van der Waals surface area contributed by atoms with E-state index < -0.39 is 5.60 Å². The van der Waals surface area contributed by atoms with Crippen LogP contribution in [0.1, 0.15) is 41.7 Å². The Hall–Kier alpha value is -5.89. The van der Waals surface area contributed by atoms with Crippen LogP contribution in [0.25, 0.3) is 39.4 Å². The van der Waals surface area contributed by atoms with Gasteiger partial charge in [0.25, 0.3) is 0 Å². The van der Waals surface area contributed by atoms with Crippen molar-refractivity contribution in [1.82, 2.24) is 9.97 Å². The second kappa shape index (κ2) is 11.6. The molecule has 8 rings (SSSR count). The van der Waals surface area contributed by atoms with Gasteiger partial charge in [0.2, 0.25) is 11.8 Å². The van der Waals surface area contributed by atoms with Crippen molar-refractivity contribution >= 4 is 16.8 Å². The zero-order valence-electron chi connectivity index (χ0n) is 28.6. The Morgan fingerprint density at radius 3 is 1.90 bits per heavy atom. The van der Waals surface area contributed by atoms with Crippen LogP contribution in [-0.4, -0.2) is 38.4 Å². The van der Waals surface area contributed by atoms with Crippen LogP contribution < -0.4 is 23.7 Å². The molecule has 7 nitrogen and oxygen atoms in total. The Morgan fingerprint density at radius 2 is 1.28 bits per heavy atom. The molecule has 0 fully saturated rings. The van der Waals surface area contributed by atoms with Crippen molar-refractivity contribution in [3.8, 4) is 51.5 Å². The molecule has 0 bridgehead atoms. The van der Waals surface area contributed by atoms with E-state index in [9.17, 15) is 4.39 Å². The Kier molecular flexibility index (Phi) is 7.29. The third-order valence-corrected chi connectivity index (χ3v) is 9.99. The highest BCUT2D eigenvalue weighted by molar-refractivity contribution is 6.09. The van der Waals surface area contributed by atoms with Crippen LogP contribution in [0, 0.1) is 5.82 Å². The lowest BCUT2D eigenvalue weighted by Gasteiger charge is -2.38. The highest BCUT2D eigenvalue weighted by Crippen LogP contribution is 2.59. The first kappa shape index (κ1) is 31.4. The van der Waals surface area contributed by atoms with Crippen molar-refractivity contribution in [2.45, 2.75) is 24.9 Å². The lowest BCUT2D eigenvalue weighted by atomic mass is 9.76. The summed E-state index contributed by atoms with van der Waals surface area (Å²) in [5.41, 5.74) is 6.69. The topological polar surface area (TPSA) is 71.9 Å². The van der Waals surface area contributed by atoms with E-state index in [0.717, 1.165) is 38.6 Å². The lowest BCUT2D eigenvalue weighted by Crippen LogP contribution is -2.35. The largest absolute Gasteiger partial charge is 0.493 e. The van der Waals surface area contributed by atoms with Gasteiger partial charge in [-0.3, -0.25) is 0 Å². The minimum absolute atomic E-state index is 0.319. The molecule has 0 spiro atoms. The fraction of sp³-hybridized carbons (Fsp3) is 0.190. The molecule has 250 valence electrons. The average Bonchev–Trinajstić information content (AvgIpc) is 3.40. The quantitative estimate of drug-likeness (QED) is 0.168. The Bertz CT molecular complexity index is 2310. The standard InChI is InChI=1S/C42H35FN2O5/c1-41(2)32-10-8-7-9-28(32)37-30-21-33(46-3)34(47-4)22-31(30)39-29(38(37)41)19-20-42(50-39,26-15-17-27(43)18-16-26)25-13-11-24(12-14-25)40-44-35(48-5)23-36(45-40)49-6/h7-23H,1-6H3. The molecule has 0 saturated carbocycles. The molecule has 2 aliphatic rings. The predicted octanol–water partition coefficient (Wildman–Crippen LogP) is 9.13. The van der Waals surface area contributed by atoms with Crippen LogP contribution in [0.3, 0.4) is 0 Å². The molecule has 1 atom stereocenters. The van der Waals surface area contributed by atoms with E-state index in [1.165, 1.54) is 28.8 Å². The lowest BCUT2D eigenvalue weighted by molar-refractivity contribution is 0.163. The number of benzene rings is 5. The van der Waals surface area contributed by atoms with Gasteiger partial charge in [-0.25, -0.2) is 4.39 Å². The molecule has 2 heterocycles. The van der Waals surface area contributed by atoms with Crippen LogP contribution in [0.2, 0.25) is 0 Å². The molecule has 1 aromatic heterocycles. The van der Waals surface area contributed by atoms with Crippen LogP contribution in [0.4, 0.5) is 4.39 Å². The van der Waals surface area contributed by atoms with Crippen LogP contribution in [0.5, 0.6) is 29.0 Å². The number of hydrogen-bond acceptors (Lipinski definition) is 7. The average molecular weight is 667 g/mol. The molecule has 0 saturated heterocycles. The molecule has 0 amide bonds. The normalized spacial score (nSPS) is 16.6. The van der Waals surface area contributed by atoms with Crippen molar-refractivity contribution < 1.29 is 28.1 Å². The Morgan fingerprint density at radius 1 is 0.680 bits per heavy atom. The summed E-state index contributed by atoms with van der Waals surface area (Å²) >= 11 is 0. The van der Waals surface area contributed by atoms with Gasteiger partial charge >= 0.3 is 0 Å². The van der Waals surface area contributed by atoms with E-state index in [0.29, 0.717) is 34.8 Å². The van der Waals surface area contributed by atoms with E-state index in [2.05, 4.69) is 60.2 Å². The maximum absolute atomic E-state index is 14.4. The van der Waals surface area contributed by atoms with Gasteiger partial charge in [0.05, 0.1) is 34.5 Å². The Balaban J connectivity index is 1.38. The summed E-state index contributed by atoms with van der Waals surface area (Å²) in [6.07, 6.45) is 4.24. The highest BCUT2D eigenvalue weighted by atomic mass is 19.1. The number of fused-ring (bicyclic) bond motifs is 8. The minimum atomic E-state index is -1.11. The molecule has 50 heavy (non-hydrogen) atoms. The maximum atomic E-state index is 14.4. The first-order valence-corrected chi connectivity index (χ1v) is 16.3. The zero-order valence-corrected chi connectivity index (χ0v) is 28.6. The molecular weight excluding hydrogens is 631 g/mol. The van der Waals surface area contributed by atoms with E-state index in [-0.39, 0.29) is 11.2 Å². The first-order chi connectivity index (χ1) is 24.2. The predicted molar refractivity (Wildman–Crippen MR) is 192 cm³/mol. The summed E-state index contributed by atoms with van der Waals surface area (Å²) < 4.78 is 44.2. The number of aromatic nitrogens is 2. The minimum Gasteiger partial charge on any atom is -0.493 e. The van der Waals surface area contributed by atoms with Gasteiger partial charge in [-0.15, -0.1) is 0 Å². The van der Waals surface area contributed by atoms with Crippen LogP contribution >= 0.6 is 0 Å². The van der Waals surface area contributed by atoms with Crippen molar-refractivity contribution in [1.29, 1.82) is 0 Å². The zero-order chi connectivity index (χ0) is 34.8. The van der Waals surface area contributed by atoms with Gasteiger partial charge in [-0.1, -0.05) is 80.6 Å². The van der Waals surface area contributed by atoms with E-state index in [1.807, 2.05) is 36.4 Å². The third kappa shape index (κ3) is 4.62. The van der Waals surface area contributed by atoms with Crippen LogP contribution in [0.15, 0.2) is 97.1 Å². The van der Waals surface area contributed by atoms with Gasteiger partial charge in [-0.05, 0) is 58.0 Å².